The highest BCUT2D eigenvalue weighted by Gasteiger charge is 2.50. The first-order valence-corrected chi connectivity index (χ1v) is 9.78. The molecule has 3 aromatic carbocycles. The van der Waals surface area contributed by atoms with Crippen LogP contribution >= 0.6 is 0 Å². The third kappa shape index (κ3) is 3.42. The van der Waals surface area contributed by atoms with Crippen LogP contribution in [0.1, 0.15) is 39.0 Å². The van der Waals surface area contributed by atoms with E-state index in [9.17, 15) is 19.1 Å². The van der Waals surface area contributed by atoms with E-state index in [2.05, 4.69) is 0 Å². The molecule has 0 saturated heterocycles. The average Bonchev–Trinajstić information content (AvgIpc) is 2.93. The molecule has 0 aliphatic carbocycles. The van der Waals surface area contributed by atoms with Crippen LogP contribution in [0.5, 0.6) is 0 Å². The van der Waals surface area contributed by atoms with Gasteiger partial charge in [-0.05, 0) is 49.2 Å². The van der Waals surface area contributed by atoms with Crippen molar-refractivity contribution in [1.82, 2.24) is 0 Å². The Kier molecular flexibility index (Phi) is 5.00. The van der Waals surface area contributed by atoms with E-state index in [1.807, 2.05) is 26.0 Å². The molecule has 0 spiro atoms. The van der Waals surface area contributed by atoms with Gasteiger partial charge in [0, 0.05) is 11.1 Å². The molecule has 0 bridgehead atoms. The molecular formula is C25H22FNO3. The standard InChI is InChI=1S/C25H22FNO3/c1-16-7-8-17(2)20(13-16)23(28)14-25(30)21-5-3-4-6-22(21)27(24(25)29)15-18-9-11-19(26)12-10-18/h3-13,30H,14-15H2,1-2H3/t25-/m1/s1. The number of para-hydroxylation sites is 1. The number of carbonyl (C=O) groups excluding carboxylic acids is 2. The molecule has 152 valence electrons. The fourth-order valence-electron chi connectivity index (χ4n) is 3.97. The van der Waals surface area contributed by atoms with Crippen LogP contribution in [0.15, 0.2) is 66.7 Å². The maximum Gasteiger partial charge on any atom is 0.264 e. The van der Waals surface area contributed by atoms with Gasteiger partial charge >= 0.3 is 0 Å². The Hall–Kier alpha value is -3.31. The van der Waals surface area contributed by atoms with E-state index in [4.69, 9.17) is 0 Å². The second-order valence-corrected chi connectivity index (χ2v) is 7.81. The van der Waals surface area contributed by atoms with E-state index in [1.54, 1.807) is 42.5 Å². The Morgan fingerprint density at radius 3 is 2.47 bits per heavy atom. The van der Waals surface area contributed by atoms with Crippen molar-refractivity contribution >= 4 is 17.4 Å². The Balaban J connectivity index is 1.69. The van der Waals surface area contributed by atoms with E-state index in [0.717, 1.165) is 16.7 Å². The number of carbonyl (C=O) groups is 2. The number of hydrogen-bond acceptors (Lipinski definition) is 3. The number of hydrogen-bond donors (Lipinski definition) is 1. The first-order valence-electron chi connectivity index (χ1n) is 9.78. The molecule has 0 fully saturated rings. The number of rotatable bonds is 5. The quantitative estimate of drug-likeness (QED) is 0.641. The Labute approximate surface area is 174 Å². The number of nitrogens with zero attached hydrogens (tertiary/aromatic N) is 1. The number of Topliss-reactive ketones (excluding diaryl/α,β-unsaturated/α-hetero) is 1. The fraction of sp³-hybridized carbons (Fsp3) is 0.200. The number of amides is 1. The molecule has 0 radical (unpaired) electrons. The summed E-state index contributed by atoms with van der Waals surface area (Å²) < 4.78 is 13.2. The van der Waals surface area contributed by atoms with Gasteiger partial charge < -0.3 is 10.0 Å². The van der Waals surface area contributed by atoms with Gasteiger partial charge in [-0.15, -0.1) is 0 Å². The zero-order valence-corrected chi connectivity index (χ0v) is 16.9. The van der Waals surface area contributed by atoms with Crippen molar-refractivity contribution in [3.8, 4) is 0 Å². The van der Waals surface area contributed by atoms with E-state index in [0.29, 0.717) is 16.8 Å². The minimum Gasteiger partial charge on any atom is -0.375 e. The topological polar surface area (TPSA) is 57.6 Å². The van der Waals surface area contributed by atoms with E-state index < -0.39 is 11.5 Å². The summed E-state index contributed by atoms with van der Waals surface area (Å²) in [5.41, 5.74) is 2.00. The number of anilines is 1. The summed E-state index contributed by atoms with van der Waals surface area (Å²) in [4.78, 5) is 27.8. The van der Waals surface area contributed by atoms with Crippen LogP contribution in [0.2, 0.25) is 0 Å². The minimum atomic E-state index is -1.94. The molecule has 4 nitrogen and oxygen atoms in total. The number of aliphatic hydroxyl groups is 1. The van der Waals surface area contributed by atoms with Crippen LogP contribution < -0.4 is 4.90 Å². The van der Waals surface area contributed by atoms with Gasteiger partial charge in [0.05, 0.1) is 18.7 Å². The molecule has 1 heterocycles. The van der Waals surface area contributed by atoms with Crippen LogP contribution in [-0.4, -0.2) is 16.8 Å². The van der Waals surface area contributed by atoms with Crippen LogP contribution in [-0.2, 0) is 16.9 Å². The van der Waals surface area contributed by atoms with Gasteiger partial charge in [0.25, 0.3) is 5.91 Å². The van der Waals surface area contributed by atoms with Gasteiger partial charge in [-0.3, -0.25) is 9.59 Å². The highest BCUT2D eigenvalue weighted by Crippen LogP contribution is 2.43. The molecule has 1 N–H and O–H groups in total. The zero-order valence-electron chi connectivity index (χ0n) is 16.9. The lowest BCUT2D eigenvalue weighted by Gasteiger charge is -2.23. The van der Waals surface area contributed by atoms with Crippen LogP contribution in [0, 0.1) is 19.7 Å². The summed E-state index contributed by atoms with van der Waals surface area (Å²) >= 11 is 0. The van der Waals surface area contributed by atoms with E-state index in [1.165, 1.54) is 17.0 Å². The van der Waals surface area contributed by atoms with Crippen molar-refractivity contribution in [2.45, 2.75) is 32.4 Å². The van der Waals surface area contributed by atoms with Gasteiger partial charge in [0.2, 0.25) is 0 Å². The fourth-order valence-corrected chi connectivity index (χ4v) is 3.97. The number of halogens is 1. The summed E-state index contributed by atoms with van der Waals surface area (Å²) in [5, 5.41) is 11.4. The molecule has 3 aromatic rings. The Morgan fingerprint density at radius 2 is 1.73 bits per heavy atom. The lowest BCUT2D eigenvalue weighted by molar-refractivity contribution is -0.136. The summed E-state index contributed by atoms with van der Waals surface area (Å²) in [7, 11) is 0. The predicted octanol–water partition coefficient (Wildman–Crippen LogP) is 4.45. The molecule has 30 heavy (non-hydrogen) atoms. The van der Waals surface area contributed by atoms with Gasteiger partial charge in [0.15, 0.2) is 11.4 Å². The van der Waals surface area contributed by atoms with Crippen molar-refractivity contribution in [1.29, 1.82) is 0 Å². The van der Waals surface area contributed by atoms with Gasteiger partial charge in [-0.2, -0.15) is 0 Å². The average molecular weight is 403 g/mol. The molecular weight excluding hydrogens is 381 g/mol. The summed E-state index contributed by atoms with van der Waals surface area (Å²) in [5.74, 6) is -1.19. The van der Waals surface area contributed by atoms with Crippen molar-refractivity contribution in [3.05, 3.63) is 100 Å². The monoisotopic (exact) mass is 403 g/mol. The van der Waals surface area contributed by atoms with Crippen LogP contribution in [0.25, 0.3) is 0 Å². The smallest absolute Gasteiger partial charge is 0.264 e. The van der Waals surface area contributed by atoms with Crippen LogP contribution in [0.3, 0.4) is 0 Å². The van der Waals surface area contributed by atoms with Crippen molar-refractivity contribution in [2.24, 2.45) is 0 Å². The molecule has 0 unspecified atom stereocenters. The van der Waals surface area contributed by atoms with E-state index >= 15 is 0 Å². The van der Waals surface area contributed by atoms with Crippen molar-refractivity contribution in [2.75, 3.05) is 4.90 Å². The maximum atomic E-state index is 13.3. The Morgan fingerprint density at radius 1 is 1.03 bits per heavy atom. The third-order valence-corrected chi connectivity index (χ3v) is 5.60. The van der Waals surface area contributed by atoms with E-state index in [-0.39, 0.29) is 24.6 Å². The lowest BCUT2D eigenvalue weighted by Crippen LogP contribution is -2.41. The summed E-state index contributed by atoms with van der Waals surface area (Å²) in [6.45, 7) is 3.91. The molecule has 0 aromatic heterocycles. The molecule has 1 amide bonds. The lowest BCUT2D eigenvalue weighted by atomic mass is 9.87. The normalized spacial score (nSPS) is 17.9. The summed E-state index contributed by atoms with van der Waals surface area (Å²) in [6.07, 6.45) is -0.340. The molecule has 4 rings (SSSR count). The van der Waals surface area contributed by atoms with Crippen molar-refractivity contribution in [3.63, 3.8) is 0 Å². The maximum absolute atomic E-state index is 13.3. The van der Waals surface area contributed by atoms with Gasteiger partial charge in [-0.25, -0.2) is 4.39 Å². The first-order chi connectivity index (χ1) is 14.3. The SMILES string of the molecule is Cc1ccc(C)c(C(=O)C[C@]2(O)C(=O)N(Cc3ccc(F)cc3)c3ccccc32)c1. The third-order valence-electron chi connectivity index (χ3n) is 5.60. The number of ketones is 1. The zero-order chi connectivity index (χ0) is 21.5. The largest absolute Gasteiger partial charge is 0.375 e. The molecule has 1 aliphatic rings. The number of fused-ring (bicyclic) bond motifs is 1. The second-order valence-electron chi connectivity index (χ2n) is 7.81. The highest BCUT2D eigenvalue weighted by molar-refractivity contribution is 6.11. The Bertz CT molecular complexity index is 1140. The number of aryl methyl sites for hydroxylation is 2. The molecule has 5 heteroatoms. The predicted molar refractivity (Wildman–Crippen MR) is 113 cm³/mol. The number of benzene rings is 3. The molecule has 0 saturated carbocycles. The first kappa shape index (κ1) is 20.0. The van der Waals surface area contributed by atoms with Crippen LogP contribution in [0.4, 0.5) is 10.1 Å². The van der Waals surface area contributed by atoms with Gasteiger partial charge in [0.1, 0.15) is 5.82 Å². The second kappa shape index (κ2) is 7.50. The molecule has 1 aliphatic heterocycles. The minimum absolute atomic E-state index is 0.177. The summed E-state index contributed by atoms with van der Waals surface area (Å²) in [6, 6.07) is 18.4. The highest BCUT2D eigenvalue weighted by atomic mass is 19.1. The van der Waals surface area contributed by atoms with Gasteiger partial charge in [-0.1, -0.05) is 48.0 Å². The van der Waals surface area contributed by atoms with Crippen molar-refractivity contribution < 1.29 is 19.1 Å². The molecule has 1 atom stereocenters.